The molecule has 0 fully saturated rings. The largest absolute Gasteiger partial charge is 0.480 e. The number of nitrogens with one attached hydrogen (secondary N) is 1. The number of hydrogen-bond acceptors (Lipinski definition) is 5. The van der Waals surface area contributed by atoms with E-state index >= 15 is 0 Å². The van der Waals surface area contributed by atoms with Crippen molar-refractivity contribution in [1.29, 1.82) is 0 Å². The lowest BCUT2D eigenvalue weighted by Crippen LogP contribution is -2.45. The van der Waals surface area contributed by atoms with Gasteiger partial charge in [0.2, 0.25) is 5.91 Å². The van der Waals surface area contributed by atoms with Gasteiger partial charge in [-0.15, -0.1) is 0 Å². The molecule has 1 unspecified atom stereocenters. The van der Waals surface area contributed by atoms with Crippen molar-refractivity contribution >= 4 is 17.8 Å². The molecule has 1 aromatic carbocycles. The lowest BCUT2D eigenvalue weighted by atomic mass is 9.94. The molecule has 0 radical (unpaired) electrons. The van der Waals surface area contributed by atoms with E-state index in [4.69, 9.17) is 15.6 Å². The van der Waals surface area contributed by atoms with E-state index in [1.54, 1.807) is 0 Å². The number of nitrogens with two attached hydrogens (primary N) is 1. The van der Waals surface area contributed by atoms with Crippen molar-refractivity contribution in [3.05, 3.63) is 29.3 Å². The molecular weight excluding hydrogens is 324 g/mol. The zero-order valence-electron chi connectivity index (χ0n) is 15.0. The van der Waals surface area contributed by atoms with Crippen LogP contribution in [0.2, 0.25) is 0 Å². The van der Waals surface area contributed by atoms with Crippen molar-refractivity contribution in [3.8, 4) is 5.75 Å². The Morgan fingerprint density at radius 1 is 1.12 bits per heavy atom. The maximum atomic E-state index is 12.3. The van der Waals surface area contributed by atoms with E-state index in [1.807, 2.05) is 45.9 Å². The van der Waals surface area contributed by atoms with Gasteiger partial charge in [0.05, 0.1) is 13.0 Å². The summed E-state index contributed by atoms with van der Waals surface area (Å²) in [5.41, 5.74) is 6.91. The number of rotatable bonds is 8. The van der Waals surface area contributed by atoms with Gasteiger partial charge in [-0.2, -0.15) is 0 Å². The van der Waals surface area contributed by atoms with E-state index in [0.717, 1.165) is 11.1 Å². The number of carbonyl (C=O) groups is 3. The summed E-state index contributed by atoms with van der Waals surface area (Å²) in [6.07, 6.45) is -0.481. The predicted molar refractivity (Wildman–Crippen MR) is 93.5 cm³/mol. The standard InChI is InChI=1S/C18H26N2O5/c1-10(2)12-6-5-7-13(11(3)4)17(12)25-16(22)8-14(18(23)24)20-15(21)9-19/h5-7,10-11,14H,8-9,19H2,1-4H3,(H,20,21)(H,23,24). The van der Waals surface area contributed by atoms with Crippen molar-refractivity contribution in [2.75, 3.05) is 6.54 Å². The highest BCUT2D eigenvalue weighted by Gasteiger charge is 2.25. The van der Waals surface area contributed by atoms with Crippen LogP contribution in [0.1, 0.15) is 57.1 Å². The van der Waals surface area contributed by atoms with Crippen LogP contribution in [0, 0.1) is 0 Å². The normalized spacial score (nSPS) is 12.1. The van der Waals surface area contributed by atoms with Crippen LogP contribution in [0.3, 0.4) is 0 Å². The summed E-state index contributed by atoms with van der Waals surface area (Å²) in [4.78, 5) is 34.8. The quantitative estimate of drug-likeness (QED) is 0.485. The van der Waals surface area contributed by atoms with Crippen molar-refractivity contribution in [2.24, 2.45) is 5.73 Å². The number of esters is 1. The molecule has 7 nitrogen and oxygen atoms in total. The van der Waals surface area contributed by atoms with Gasteiger partial charge in [-0.25, -0.2) is 4.79 Å². The van der Waals surface area contributed by atoms with Gasteiger partial charge in [0.15, 0.2) is 0 Å². The van der Waals surface area contributed by atoms with Gasteiger partial charge in [-0.05, 0) is 23.0 Å². The Labute approximate surface area is 147 Å². The number of carboxylic acids is 1. The van der Waals surface area contributed by atoms with Crippen molar-refractivity contribution in [1.82, 2.24) is 5.32 Å². The van der Waals surface area contributed by atoms with E-state index in [-0.39, 0.29) is 18.4 Å². The molecular formula is C18H26N2O5. The van der Waals surface area contributed by atoms with Gasteiger partial charge in [0.25, 0.3) is 0 Å². The van der Waals surface area contributed by atoms with E-state index < -0.39 is 30.3 Å². The highest BCUT2D eigenvalue weighted by molar-refractivity contribution is 5.88. The Kier molecular flexibility index (Phi) is 7.57. The predicted octanol–water partition coefficient (Wildman–Crippen LogP) is 1.76. The molecule has 138 valence electrons. The first-order valence-electron chi connectivity index (χ1n) is 8.23. The van der Waals surface area contributed by atoms with Gasteiger partial charge < -0.3 is 20.9 Å². The number of carboxylic acid groups (broad SMARTS) is 1. The van der Waals surface area contributed by atoms with Crippen LogP contribution in [0.4, 0.5) is 0 Å². The Morgan fingerprint density at radius 3 is 2.04 bits per heavy atom. The van der Waals surface area contributed by atoms with Crippen molar-refractivity contribution in [2.45, 2.75) is 52.0 Å². The molecule has 0 saturated heterocycles. The number of aliphatic carboxylic acids is 1. The third-order valence-electron chi connectivity index (χ3n) is 3.73. The molecule has 1 aromatic rings. The fourth-order valence-corrected chi connectivity index (χ4v) is 2.38. The molecule has 7 heteroatoms. The monoisotopic (exact) mass is 350 g/mol. The van der Waals surface area contributed by atoms with E-state index in [2.05, 4.69) is 5.32 Å². The molecule has 1 atom stereocenters. The molecule has 0 aliphatic carbocycles. The van der Waals surface area contributed by atoms with E-state index in [1.165, 1.54) is 0 Å². The second-order valence-corrected chi connectivity index (χ2v) is 6.42. The molecule has 0 aliphatic rings. The van der Waals surface area contributed by atoms with Crippen LogP contribution in [-0.4, -0.2) is 35.5 Å². The lowest BCUT2D eigenvalue weighted by Gasteiger charge is -2.20. The highest BCUT2D eigenvalue weighted by atomic mass is 16.5. The summed E-state index contributed by atoms with van der Waals surface area (Å²) >= 11 is 0. The maximum Gasteiger partial charge on any atom is 0.326 e. The summed E-state index contributed by atoms with van der Waals surface area (Å²) in [7, 11) is 0. The van der Waals surface area contributed by atoms with Crippen molar-refractivity contribution < 1.29 is 24.2 Å². The second kappa shape index (κ2) is 9.17. The molecule has 1 rings (SSSR count). The lowest BCUT2D eigenvalue weighted by molar-refractivity contribution is -0.146. The smallest absolute Gasteiger partial charge is 0.326 e. The third kappa shape index (κ3) is 5.86. The molecule has 0 spiro atoms. The molecule has 0 heterocycles. The number of carbonyl (C=O) groups excluding carboxylic acids is 2. The summed E-state index contributed by atoms with van der Waals surface area (Å²) < 4.78 is 5.51. The average Bonchev–Trinajstić information content (AvgIpc) is 2.53. The summed E-state index contributed by atoms with van der Waals surface area (Å²) in [6, 6.07) is 4.29. The van der Waals surface area contributed by atoms with Crippen LogP contribution in [-0.2, 0) is 14.4 Å². The topological polar surface area (TPSA) is 119 Å². The van der Waals surface area contributed by atoms with Crippen LogP contribution >= 0.6 is 0 Å². The minimum Gasteiger partial charge on any atom is -0.480 e. The second-order valence-electron chi connectivity index (χ2n) is 6.42. The van der Waals surface area contributed by atoms with Crippen LogP contribution in [0.15, 0.2) is 18.2 Å². The zero-order valence-corrected chi connectivity index (χ0v) is 15.0. The third-order valence-corrected chi connectivity index (χ3v) is 3.73. The number of benzene rings is 1. The first-order valence-corrected chi connectivity index (χ1v) is 8.23. The fourth-order valence-electron chi connectivity index (χ4n) is 2.38. The average molecular weight is 350 g/mol. The molecule has 25 heavy (non-hydrogen) atoms. The summed E-state index contributed by atoms with van der Waals surface area (Å²) in [5, 5.41) is 11.3. The zero-order chi connectivity index (χ0) is 19.1. The first-order chi connectivity index (χ1) is 11.7. The number of amides is 1. The fraction of sp³-hybridized carbons (Fsp3) is 0.500. The van der Waals surface area contributed by atoms with Gasteiger partial charge in [0.1, 0.15) is 11.8 Å². The van der Waals surface area contributed by atoms with Crippen LogP contribution in [0.5, 0.6) is 5.75 Å². The molecule has 0 saturated carbocycles. The number of hydrogen-bond donors (Lipinski definition) is 3. The van der Waals surface area contributed by atoms with Gasteiger partial charge in [-0.1, -0.05) is 45.9 Å². The number of ether oxygens (including phenoxy) is 1. The van der Waals surface area contributed by atoms with Crippen LogP contribution in [0.25, 0.3) is 0 Å². The number of para-hydroxylation sites is 1. The Morgan fingerprint density at radius 2 is 1.64 bits per heavy atom. The molecule has 0 aromatic heterocycles. The maximum absolute atomic E-state index is 12.3. The molecule has 0 aliphatic heterocycles. The Hall–Kier alpha value is -2.41. The molecule has 4 N–H and O–H groups in total. The van der Waals surface area contributed by atoms with E-state index in [0.29, 0.717) is 5.75 Å². The highest BCUT2D eigenvalue weighted by Crippen LogP contribution is 2.34. The SMILES string of the molecule is CC(C)c1cccc(C(C)C)c1OC(=O)CC(NC(=O)CN)C(=O)O. The molecule has 1 amide bonds. The van der Waals surface area contributed by atoms with Gasteiger partial charge in [-0.3, -0.25) is 9.59 Å². The van der Waals surface area contributed by atoms with E-state index in [9.17, 15) is 14.4 Å². The van der Waals surface area contributed by atoms with Gasteiger partial charge in [0, 0.05) is 0 Å². The Balaban J connectivity index is 3.02. The minimum absolute atomic E-state index is 0.133. The van der Waals surface area contributed by atoms with Crippen LogP contribution < -0.4 is 15.8 Å². The summed E-state index contributed by atoms with van der Waals surface area (Å²) in [5.74, 6) is -1.96. The summed E-state index contributed by atoms with van der Waals surface area (Å²) in [6.45, 7) is 7.58. The van der Waals surface area contributed by atoms with Gasteiger partial charge >= 0.3 is 11.9 Å². The van der Waals surface area contributed by atoms with Crippen molar-refractivity contribution in [3.63, 3.8) is 0 Å². The minimum atomic E-state index is -1.38. The first kappa shape index (κ1) is 20.6. The Bertz CT molecular complexity index is 614. The molecule has 0 bridgehead atoms.